The Morgan fingerprint density at radius 3 is 2.40 bits per heavy atom. The van der Waals surface area contributed by atoms with Gasteiger partial charge in [-0.2, -0.15) is 0 Å². The van der Waals surface area contributed by atoms with Crippen LogP contribution in [-0.4, -0.2) is 7.05 Å². The average Bonchev–Trinajstić information content (AvgIpc) is 2.17. The van der Waals surface area contributed by atoms with Crippen molar-refractivity contribution in [2.75, 3.05) is 7.05 Å². The van der Waals surface area contributed by atoms with Crippen LogP contribution >= 0.6 is 0 Å². The topological polar surface area (TPSA) is 12.0 Å². The smallest absolute Gasteiger partial charge is 0.126 e. The first-order valence-electron chi connectivity index (χ1n) is 4.74. The summed E-state index contributed by atoms with van der Waals surface area (Å²) in [5.41, 5.74) is 0.588. The summed E-state index contributed by atoms with van der Waals surface area (Å²) in [6.07, 6.45) is 6.38. The molecule has 0 saturated heterocycles. The molecule has 0 aromatic heterocycles. The molecule has 0 radical (unpaired) electrons. The van der Waals surface area contributed by atoms with Gasteiger partial charge in [0.1, 0.15) is 11.6 Å². The van der Waals surface area contributed by atoms with E-state index in [4.69, 9.17) is 6.42 Å². The second-order valence-electron chi connectivity index (χ2n) is 3.29. The van der Waals surface area contributed by atoms with Gasteiger partial charge in [-0.1, -0.05) is 0 Å². The molecule has 0 fully saturated rings. The molecule has 0 aliphatic heterocycles. The van der Waals surface area contributed by atoms with Gasteiger partial charge >= 0.3 is 0 Å². The van der Waals surface area contributed by atoms with Crippen molar-refractivity contribution in [2.45, 2.75) is 18.9 Å². The third-order valence-corrected chi connectivity index (χ3v) is 2.21. The maximum absolute atomic E-state index is 12.9. The molecule has 0 amide bonds. The molecule has 1 aromatic carbocycles. The van der Waals surface area contributed by atoms with Gasteiger partial charge in [-0.3, -0.25) is 0 Å². The molecule has 1 aromatic rings. The summed E-state index contributed by atoms with van der Waals surface area (Å²) in [6, 6.07) is 3.39. The summed E-state index contributed by atoms with van der Waals surface area (Å²) >= 11 is 0. The Kier molecular flexibility index (Phi) is 4.26. The first-order chi connectivity index (χ1) is 7.17. The van der Waals surface area contributed by atoms with E-state index in [0.717, 1.165) is 6.07 Å². The molecule has 1 rings (SSSR count). The zero-order valence-electron chi connectivity index (χ0n) is 8.56. The van der Waals surface area contributed by atoms with E-state index < -0.39 is 11.6 Å². The van der Waals surface area contributed by atoms with E-state index in [2.05, 4.69) is 11.2 Å². The quantitative estimate of drug-likeness (QED) is 0.752. The fourth-order valence-corrected chi connectivity index (χ4v) is 1.48. The number of rotatable bonds is 4. The van der Waals surface area contributed by atoms with E-state index in [-0.39, 0.29) is 6.04 Å². The van der Waals surface area contributed by atoms with Crippen LogP contribution < -0.4 is 5.32 Å². The number of hydrogen-bond acceptors (Lipinski definition) is 1. The molecule has 1 nitrogen and oxygen atoms in total. The van der Waals surface area contributed by atoms with Gasteiger partial charge in [0.15, 0.2) is 0 Å². The van der Waals surface area contributed by atoms with E-state index >= 15 is 0 Å². The lowest BCUT2D eigenvalue weighted by molar-refractivity contribution is 0.534. The minimum absolute atomic E-state index is 0.105. The summed E-state index contributed by atoms with van der Waals surface area (Å²) < 4.78 is 25.9. The Balaban J connectivity index is 2.87. The Morgan fingerprint density at radius 2 is 1.93 bits per heavy atom. The van der Waals surface area contributed by atoms with Crippen LogP contribution in [0.1, 0.15) is 24.4 Å². The highest BCUT2D eigenvalue weighted by Crippen LogP contribution is 2.20. The molecule has 0 aliphatic rings. The molecular weight excluding hydrogens is 196 g/mol. The lowest BCUT2D eigenvalue weighted by Gasteiger charge is -2.15. The van der Waals surface area contributed by atoms with Crippen molar-refractivity contribution in [3.63, 3.8) is 0 Å². The molecule has 1 N–H and O–H groups in total. The zero-order chi connectivity index (χ0) is 11.3. The molecule has 0 spiro atoms. The van der Waals surface area contributed by atoms with Gasteiger partial charge in [-0.05, 0) is 31.2 Å². The van der Waals surface area contributed by atoms with Crippen LogP contribution in [0.15, 0.2) is 18.2 Å². The van der Waals surface area contributed by atoms with Crippen LogP contribution in [0.4, 0.5) is 8.78 Å². The third-order valence-electron chi connectivity index (χ3n) is 2.21. The summed E-state index contributed by atoms with van der Waals surface area (Å²) in [5.74, 6) is 1.38. The average molecular weight is 209 g/mol. The predicted octanol–water partition coefficient (Wildman–Crippen LogP) is 2.64. The van der Waals surface area contributed by atoms with Crippen LogP contribution in [0.2, 0.25) is 0 Å². The number of terminal acetylenes is 1. The minimum atomic E-state index is -0.564. The summed E-state index contributed by atoms with van der Waals surface area (Å²) in [5, 5.41) is 2.98. The van der Waals surface area contributed by atoms with Crippen LogP contribution in [-0.2, 0) is 0 Å². The van der Waals surface area contributed by atoms with Crippen LogP contribution in [0.25, 0.3) is 0 Å². The molecular formula is C12H13F2N. The SMILES string of the molecule is C#CCCC(NC)c1cc(F)cc(F)c1. The second kappa shape index (κ2) is 5.47. The minimum Gasteiger partial charge on any atom is -0.313 e. The molecule has 3 heteroatoms. The molecule has 15 heavy (non-hydrogen) atoms. The number of halogens is 2. The molecule has 80 valence electrons. The summed E-state index contributed by atoms with van der Waals surface area (Å²) in [4.78, 5) is 0. The Bertz CT molecular complexity index is 348. The maximum atomic E-state index is 12.9. The van der Waals surface area contributed by atoms with Gasteiger partial charge in [0, 0.05) is 18.5 Å². The standard InChI is InChI=1S/C12H13F2N/c1-3-4-5-12(15-2)9-6-10(13)8-11(14)7-9/h1,6-8,12,15H,4-5H2,2H3. The number of hydrogen-bond donors (Lipinski definition) is 1. The highest BCUT2D eigenvalue weighted by atomic mass is 19.1. The van der Waals surface area contributed by atoms with Crippen molar-refractivity contribution < 1.29 is 8.78 Å². The fraction of sp³-hybridized carbons (Fsp3) is 0.333. The van der Waals surface area contributed by atoms with Gasteiger partial charge in [-0.15, -0.1) is 12.3 Å². The van der Waals surface area contributed by atoms with Crippen molar-refractivity contribution >= 4 is 0 Å². The van der Waals surface area contributed by atoms with Crippen molar-refractivity contribution in [2.24, 2.45) is 0 Å². The molecule has 0 saturated carbocycles. The largest absolute Gasteiger partial charge is 0.313 e. The molecule has 0 heterocycles. The number of benzene rings is 1. The molecule has 1 atom stereocenters. The maximum Gasteiger partial charge on any atom is 0.126 e. The van der Waals surface area contributed by atoms with Crippen molar-refractivity contribution in [1.82, 2.24) is 5.32 Å². The van der Waals surface area contributed by atoms with E-state index in [0.29, 0.717) is 18.4 Å². The van der Waals surface area contributed by atoms with Gasteiger partial charge in [-0.25, -0.2) is 8.78 Å². The third kappa shape index (κ3) is 3.34. The molecule has 0 bridgehead atoms. The van der Waals surface area contributed by atoms with Crippen molar-refractivity contribution in [3.05, 3.63) is 35.4 Å². The van der Waals surface area contributed by atoms with E-state index in [1.165, 1.54) is 12.1 Å². The summed E-state index contributed by atoms with van der Waals surface area (Å²) in [7, 11) is 1.74. The normalized spacial score (nSPS) is 12.1. The summed E-state index contributed by atoms with van der Waals surface area (Å²) in [6.45, 7) is 0. The lowest BCUT2D eigenvalue weighted by atomic mass is 10.0. The first kappa shape index (κ1) is 11.7. The van der Waals surface area contributed by atoms with E-state index in [1.807, 2.05) is 0 Å². The van der Waals surface area contributed by atoms with E-state index in [1.54, 1.807) is 7.05 Å². The Hall–Kier alpha value is -1.40. The fourth-order valence-electron chi connectivity index (χ4n) is 1.48. The monoisotopic (exact) mass is 209 g/mol. The van der Waals surface area contributed by atoms with Crippen molar-refractivity contribution in [1.29, 1.82) is 0 Å². The van der Waals surface area contributed by atoms with E-state index in [9.17, 15) is 8.78 Å². The highest BCUT2D eigenvalue weighted by molar-refractivity contribution is 5.21. The van der Waals surface area contributed by atoms with Gasteiger partial charge in [0.05, 0.1) is 0 Å². The van der Waals surface area contributed by atoms with Gasteiger partial charge < -0.3 is 5.32 Å². The van der Waals surface area contributed by atoms with Crippen LogP contribution in [0.3, 0.4) is 0 Å². The Labute approximate surface area is 88.5 Å². The zero-order valence-corrected chi connectivity index (χ0v) is 8.56. The molecule has 1 unspecified atom stereocenters. The van der Waals surface area contributed by atoms with Crippen LogP contribution in [0, 0.1) is 24.0 Å². The predicted molar refractivity (Wildman–Crippen MR) is 56.2 cm³/mol. The van der Waals surface area contributed by atoms with Crippen molar-refractivity contribution in [3.8, 4) is 12.3 Å². The first-order valence-corrected chi connectivity index (χ1v) is 4.74. The second-order valence-corrected chi connectivity index (χ2v) is 3.29. The molecule has 0 aliphatic carbocycles. The van der Waals surface area contributed by atoms with Gasteiger partial charge in [0.25, 0.3) is 0 Å². The highest BCUT2D eigenvalue weighted by Gasteiger charge is 2.10. The van der Waals surface area contributed by atoms with Gasteiger partial charge in [0.2, 0.25) is 0 Å². The number of nitrogens with one attached hydrogen (secondary N) is 1. The Morgan fingerprint density at radius 1 is 1.33 bits per heavy atom. The lowest BCUT2D eigenvalue weighted by Crippen LogP contribution is -2.16. The van der Waals surface area contributed by atoms with Crippen LogP contribution in [0.5, 0.6) is 0 Å².